The summed E-state index contributed by atoms with van der Waals surface area (Å²) in [5.74, 6) is -0.435. The number of carbonyl (C=O) groups excluding carboxylic acids is 2. The average molecular weight is 358 g/mol. The maximum atomic E-state index is 12.2. The summed E-state index contributed by atoms with van der Waals surface area (Å²) in [5, 5.41) is 0. The first-order valence-corrected chi connectivity index (χ1v) is 8.13. The number of amides is 1. The average Bonchev–Trinajstić information content (AvgIpc) is 3.05. The smallest absolute Gasteiger partial charge is 0.328 e. The van der Waals surface area contributed by atoms with Gasteiger partial charge >= 0.3 is 5.97 Å². The minimum Gasteiger partial charge on any atom is -0.464 e. The van der Waals surface area contributed by atoms with E-state index < -0.39 is 6.04 Å². The topological polar surface area (TPSA) is 46.6 Å². The molecule has 1 aromatic rings. The van der Waals surface area contributed by atoms with Gasteiger partial charge in [-0.25, -0.2) is 4.79 Å². The summed E-state index contributed by atoms with van der Waals surface area (Å²) in [5.41, 5.74) is 0. The van der Waals surface area contributed by atoms with Crippen molar-refractivity contribution in [2.75, 3.05) is 13.2 Å². The van der Waals surface area contributed by atoms with E-state index in [1.807, 2.05) is 12.1 Å². The molecular weight excluding hydrogens is 342 g/mol. The van der Waals surface area contributed by atoms with Crippen molar-refractivity contribution in [2.24, 2.45) is 0 Å². The Morgan fingerprint density at radius 1 is 1.55 bits per heavy atom. The van der Waals surface area contributed by atoms with Crippen molar-refractivity contribution in [3.63, 3.8) is 0 Å². The van der Waals surface area contributed by atoms with Crippen LogP contribution < -0.4 is 0 Å². The van der Waals surface area contributed by atoms with Crippen LogP contribution in [0.4, 0.5) is 0 Å². The Kier molecular flexibility index (Phi) is 5.37. The molecule has 1 aliphatic heterocycles. The van der Waals surface area contributed by atoms with Crippen LogP contribution in [0.15, 0.2) is 22.0 Å². The van der Waals surface area contributed by atoms with Crippen LogP contribution in [0.1, 0.15) is 24.6 Å². The Morgan fingerprint density at radius 3 is 3.00 bits per heavy atom. The predicted octanol–water partition coefficient (Wildman–Crippen LogP) is 3.08. The summed E-state index contributed by atoms with van der Waals surface area (Å²) in [6.07, 6.45) is 4.82. The van der Waals surface area contributed by atoms with Crippen LogP contribution in [0.25, 0.3) is 6.08 Å². The molecule has 1 unspecified atom stereocenters. The lowest BCUT2D eigenvalue weighted by Gasteiger charge is -2.21. The van der Waals surface area contributed by atoms with Crippen LogP contribution >= 0.6 is 27.3 Å². The van der Waals surface area contributed by atoms with Crippen molar-refractivity contribution in [1.29, 1.82) is 0 Å². The van der Waals surface area contributed by atoms with Crippen molar-refractivity contribution >= 4 is 45.2 Å². The fourth-order valence-electron chi connectivity index (χ4n) is 2.18. The number of nitrogens with zero attached hydrogens (tertiary/aromatic N) is 1. The summed E-state index contributed by atoms with van der Waals surface area (Å²) in [6, 6.07) is 3.44. The fourth-order valence-corrected chi connectivity index (χ4v) is 3.51. The number of carbonyl (C=O) groups is 2. The lowest BCUT2D eigenvalue weighted by atomic mass is 10.2. The first-order chi connectivity index (χ1) is 9.61. The Morgan fingerprint density at radius 2 is 2.35 bits per heavy atom. The predicted molar refractivity (Wildman–Crippen MR) is 82.4 cm³/mol. The molecule has 0 aliphatic carbocycles. The second-order valence-electron chi connectivity index (χ2n) is 4.42. The lowest BCUT2D eigenvalue weighted by Crippen LogP contribution is -2.40. The lowest BCUT2D eigenvalue weighted by molar-refractivity contribution is -0.151. The monoisotopic (exact) mass is 357 g/mol. The van der Waals surface area contributed by atoms with E-state index in [-0.39, 0.29) is 11.9 Å². The summed E-state index contributed by atoms with van der Waals surface area (Å²) in [7, 11) is 0. The molecule has 1 saturated heterocycles. The molecule has 2 rings (SSSR count). The molecule has 2 heterocycles. The van der Waals surface area contributed by atoms with Crippen molar-refractivity contribution in [1.82, 2.24) is 4.90 Å². The van der Waals surface area contributed by atoms with Gasteiger partial charge in [-0.15, -0.1) is 11.3 Å². The Balaban J connectivity index is 2.00. The SMILES string of the molecule is CCOC(=O)C1CCCN1C(=O)C=Cc1ccc(Br)s1. The number of ether oxygens (including phenoxy) is 1. The summed E-state index contributed by atoms with van der Waals surface area (Å²) in [4.78, 5) is 26.6. The van der Waals surface area contributed by atoms with Gasteiger partial charge in [-0.3, -0.25) is 4.79 Å². The van der Waals surface area contributed by atoms with E-state index in [4.69, 9.17) is 4.74 Å². The number of halogens is 1. The molecule has 1 fully saturated rings. The van der Waals surface area contributed by atoms with E-state index in [2.05, 4.69) is 15.9 Å². The van der Waals surface area contributed by atoms with E-state index in [1.54, 1.807) is 29.2 Å². The van der Waals surface area contributed by atoms with Crippen molar-refractivity contribution in [3.05, 3.63) is 26.9 Å². The highest BCUT2D eigenvalue weighted by Gasteiger charge is 2.34. The Hall–Kier alpha value is -1.14. The minimum atomic E-state index is -0.429. The molecule has 0 radical (unpaired) electrons. The Bertz CT molecular complexity index is 526. The fraction of sp³-hybridized carbons (Fsp3) is 0.429. The second kappa shape index (κ2) is 7.04. The van der Waals surface area contributed by atoms with E-state index in [0.717, 1.165) is 15.1 Å². The van der Waals surface area contributed by atoms with Gasteiger partial charge in [-0.2, -0.15) is 0 Å². The zero-order chi connectivity index (χ0) is 14.5. The normalized spacial score (nSPS) is 18.7. The van der Waals surface area contributed by atoms with Crippen LogP contribution in [0.5, 0.6) is 0 Å². The van der Waals surface area contributed by atoms with E-state index in [1.165, 1.54) is 6.08 Å². The van der Waals surface area contributed by atoms with E-state index in [9.17, 15) is 9.59 Å². The van der Waals surface area contributed by atoms with Gasteiger partial charge in [0.05, 0.1) is 10.4 Å². The molecule has 1 aliphatic rings. The van der Waals surface area contributed by atoms with Crippen molar-refractivity contribution < 1.29 is 14.3 Å². The molecule has 0 saturated carbocycles. The first-order valence-electron chi connectivity index (χ1n) is 6.52. The van der Waals surface area contributed by atoms with Crippen LogP contribution in [-0.4, -0.2) is 36.0 Å². The number of hydrogen-bond donors (Lipinski definition) is 0. The second-order valence-corrected chi connectivity index (χ2v) is 6.91. The summed E-state index contributed by atoms with van der Waals surface area (Å²) in [6.45, 7) is 2.73. The van der Waals surface area contributed by atoms with E-state index in [0.29, 0.717) is 19.6 Å². The number of rotatable bonds is 4. The molecule has 20 heavy (non-hydrogen) atoms. The molecule has 1 amide bonds. The number of likely N-dealkylation sites (tertiary alicyclic amines) is 1. The maximum absolute atomic E-state index is 12.2. The summed E-state index contributed by atoms with van der Waals surface area (Å²) < 4.78 is 6.03. The first kappa shape index (κ1) is 15.3. The molecule has 4 nitrogen and oxygen atoms in total. The third kappa shape index (κ3) is 3.70. The van der Waals surface area contributed by atoms with Crippen LogP contribution in [0, 0.1) is 0 Å². The van der Waals surface area contributed by atoms with Gasteiger partial charge in [0, 0.05) is 17.5 Å². The molecule has 0 spiro atoms. The zero-order valence-electron chi connectivity index (χ0n) is 11.2. The highest BCUT2D eigenvalue weighted by atomic mass is 79.9. The molecule has 0 bridgehead atoms. The third-order valence-corrected chi connectivity index (χ3v) is 4.67. The van der Waals surface area contributed by atoms with Gasteiger partial charge < -0.3 is 9.64 Å². The zero-order valence-corrected chi connectivity index (χ0v) is 13.6. The molecule has 1 atom stereocenters. The maximum Gasteiger partial charge on any atom is 0.328 e. The molecule has 1 aromatic heterocycles. The summed E-state index contributed by atoms with van der Waals surface area (Å²) >= 11 is 4.93. The molecule has 0 N–H and O–H groups in total. The van der Waals surface area contributed by atoms with Crippen LogP contribution in [0.3, 0.4) is 0 Å². The van der Waals surface area contributed by atoms with E-state index >= 15 is 0 Å². The molecule has 6 heteroatoms. The highest BCUT2D eigenvalue weighted by molar-refractivity contribution is 9.11. The van der Waals surface area contributed by atoms with Crippen molar-refractivity contribution in [2.45, 2.75) is 25.8 Å². The number of hydrogen-bond acceptors (Lipinski definition) is 4. The van der Waals surface area contributed by atoms with Crippen LogP contribution in [0.2, 0.25) is 0 Å². The highest BCUT2D eigenvalue weighted by Crippen LogP contribution is 2.24. The molecule has 0 aromatic carbocycles. The molecule has 108 valence electrons. The van der Waals surface area contributed by atoms with Crippen LogP contribution in [-0.2, 0) is 14.3 Å². The van der Waals surface area contributed by atoms with Gasteiger partial charge in [0.1, 0.15) is 6.04 Å². The largest absolute Gasteiger partial charge is 0.464 e. The quantitative estimate of drug-likeness (QED) is 0.614. The number of thiophene rings is 1. The van der Waals surface area contributed by atoms with Crippen molar-refractivity contribution in [3.8, 4) is 0 Å². The van der Waals surface area contributed by atoms with Gasteiger partial charge in [0.25, 0.3) is 0 Å². The van der Waals surface area contributed by atoms with Gasteiger partial charge in [-0.05, 0) is 53.9 Å². The van der Waals surface area contributed by atoms with Gasteiger partial charge in [0.2, 0.25) is 5.91 Å². The third-order valence-electron chi connectivity index (χ3n) is 3.08. The van der Waals surface area contributed by atoms with Gasteiger partial charge in [0.15, 0.2) is 0 Å². The molecular formula is C14H16BrNO3S. The minimum absolute atomic E-state index is 0.134. The van der Waals surface area contributed by atoms with Gasteiger partial charge in [-0.1, -0.05) is 0 Å². The number of esters is 1. The Labute approximate surface area is 130 Å². The standard InChI is InChI=1S/C14H16BrNO3S/c1-2-19-14(18)11-4-3-9-16(11)13(17)8-6-10-5-7-12(15)20-10/h5-8,11H,2-4,9H2,1H3.